The van der Waals surface area contributed by atoms with Crippen molar-refractivity contribution >= 4 is 18.0 Å². The van der Waals surface area contributed by atoms with Gasteiger partial charge in [0.1, 0.15) is 0 Å². The predicted octanol–water partition coefficient (Wildman–Crippen LogP) is 0.837. The van der Waals surface area contributed by atoms with Gasteiger partial charge in [-0.05, 0) is 11.9 Å². The fraction of sp³-hybridized carbons (Fsp3) is 0.667. The number of nitrogens with one attached hydrogen (secondary N) is 1. The number of nitrogens with zero attached hydrogens (tertiary/aromatic N) is 1. The van der Waals surface area contributed by atoms with E-state index >= 15 is 0 Å². The number of hydrogen-bond donors (Lipinski definition) is 1. The maximum absolute atomic E-state index is 11.5. The lowest BCUT2D eigenvalue weighted by Crippen LogP contribution is -2.44. The molecule has 0 aromatic heterocycles. The molecule has 2 amide bonds. The van der Waals surface area contributed by atoms with Gasteiger partial charge in [-0.1, -0.05) is 6.58 Å². The first-order chi connectivity index (χ1) is 7.34. The van der Waals surface area contributed by atoms with Crippen LogP contribution in [-0.2, 0) is 9.47 Å². The summed E-state index contributed by atoms with van der Waals surface area (Å²) in [4.78, 5) is 13.2. The molecular formula is C9H16N2O3S. The Morgan fingerprint density at radius 1 is 1.60 bits per heavy atom. The molecular weight excluding hydrogens is 216 g/mol. The molecule has 1 aliphatic heterocycles. The highest BCUT2D eigenvalue weighted by Crippen LogP contribution is 2.00. The number of carbonyl (C=O) groups is 1. The molecule has 0 unspecified atom stereocenters. The summed E-state index contributed by atoms with van der Waals surface area (Å²) >= 11 is 1.34. The second-order valence-corrected chi connectivity index (χ2v) is 3.79. The zero-order valence-electron chi connectivity index (χ0n) is 8.61. The minimum atomic E-state index is -0.0538. The van der Waals surface area contributed by atoms with E-state index in [1.165, 1.54) is 18.2 Å². The van der Waals surface area contributed by atoms with E-state index in [-0.39, 0.29) is 6.03 Å². The topological polar surface area (TPSA) is 50.8 Å². The molecule has 6 heteroatoms. The van der Waals surface area contributed by atoms with Crippen molar-refractivity contribution in [3.05, 3.63) is 12.8 Å². The summed E-state index contributed by atoms with van der Waals surface area (Å²) in [6, 6.07) is -0.0538. The molecule has 1 heterocycles. The Morgan fingerprint density at radius 2 is 2.33 bits per heavy atom. The van der Waals surface area contributed by atoms with Crippen LogP contribution >= 0.6 is 11.9 Å². The lowest BCUT2D eigenvalue weighted by Gasteiger charge is -2.26. The average molecular weight is 232 g/mol. The van der Waals surface area contributed by atoms with Gasteiger partial charge in [-0.15, -0.1) is 0 Å². The molecule has 0 aromatic rings. The number of morpholine rings is 1. The molecule has 0 spiro atoms. The van der Waals surface area contributed by atoms with Crippen LogP contribution in [0, 0.1) is 0 Å². The zero-order chi connectivity index (χ0) is 10.9. The molecule has 0 aromatic carbocycles. The molecule has 0 atom stereocenters. The van der Waals surface area contributed by atoms with E-state index in [9.17, 15) is 4.79 Å². The van der Waals surface area contributed by atoms with Crippen LogP contribution in [0.2, 0.25) is 0 Å². The summed E-state index contributed by atoms with van der Waals surface area (Å²) in [5, 5.41) is 0. The molecule has 1 N–H and O–H groups in total. The number of urea groups is 1. The highest BCUT2D eigenvalue weighted by molar-refractivity contribution is 7.97. The Bertz CT molecular complexity index is 208. The van der Waals surface area contributed by atoms with Crippen LogP contribution in [0.1, 0.15) is 0 Å². The molecule has 86 valence electrons. The summed E-state index contributed by atoms with van der Waals surface area (Å²) in [6.07, 6.45) is 1.39. The van der Waals surface area contributed by atoms with E-state index in [4.69, 9.17) is 9.47 Å². The van der Waals surface area contributed by atoms with Crippen LogP contribution in [0.5, 0.6) is 0 Å². The standard InChI is InChI=1S/C9H16N2O3S/c1-2-13-7-8-15-10-9(12)11-3-5-14-6-4-11/h2H,1,3-8H2,(H,10,12). The Labute approximate surface area is 93.9 Å². The molecule has 0 radical (unpaired) electrons. The average Bonchev–Trinajstić information content (AvgIpc) is 2.30. The predicted molar refractivity (Wildman–Crippen MR) is 59.5 cm³/mol. The smallest absolute Gasteiger partial charge is 0.327 e. The Balaban J connectivity index is 2.04. The fourth-order valence-electron chi connectivity index (χ4n) is 1.12. The van der Waals surface area contributed by atoms with Crippen molar-refractivity contribution in [2.45, 2.75) is 0 Å². The van der Waals surface area contributed by atoms with Crippen molar-refractivity contribution < 1.29 is 14.3 Å². The molecule has 1 aliphatic rings. The molecule has 1 fully saturated rings. The third kappa shape index (κ3) is 4.94. The lowest BCUT2D eigenvalue weighted by molar-refractivity contribution is 0.0546. The highest BCUT2D eigenvalue weighted by atomic mass is 32.2. The number of carbonyl (C=O) groups excluding carboxylic acids is 1. The van der Waals surface area contributed by atoms with Crippen LogP contribution in [0.4, 0.5) is 4.79 Å². The quantitative estimate of drug-likeness (QED) is 0.433. The van der Waals surface area contributed by atoms with Gasteiger partial charge in [0.05, 0.1) is 26.1 Å². The maximum atomic E-state index is 11.5. The van der Waals surface area contributed by atoms with Crippen molar-refractivity contribution in [3.63, 3.8) is 0 Å². The van der Waals surface area contributed by atoms with Gasteiger partial charge in [-0.25, -0.2) is 4.79 Å². The van der Waals surface area contributed by atoms with E-state index in [1.807, 2.05) is 0 Å². The van der Waals surface area contributed by atoms with E-state index in [0.29, 0.717) is 38.7 Å². The number of amides is 2. The van der Waals surface area contributed by atoms with E-state index in [1.54, 1.807) is 4.90 Å². The second-order valence-electron chi connectivity index (χ2n) is 2.89. The number of ether oxygens (including phenoxy) is 2. The maximum Gasteiger partial charge on any atom is 0.327 e. The third-order valence-electron chi connectivity index (χ3n) is 1.88. The first kappa shape index (κ1) is 12.2. The van der Waals surface area contributed by atoms with Crippen LogP contribution < -0.4 is 4.72 Å². The minimum Gasteiger partial charge on any atom is -0.501 e. The van der Waals surface area contributed by atoms with E-state index in [2.05, 4.69) is 11.3 Å². The van der Waals surface area contributed by atoms with E-state index < -0.39 is 0 Å². The van der Waals surface area contributed by atoms with Gasteiger partial charge in [0, 0.05) is 18.8 Å². The van der Waals surface area contributed by atoms with Gasteiger partial charge in [-0.3, -0.25) is 4.72 Å². The summed E-state index contributed by atoms with van der Waals surface area (Å²) in [6.45, 7) is 6.55. The van der Waals surface area contributed by atoms with Gasteiger partial charge in [0.15, 0.2) is 0 Å². The number of hydrogen-bond acceptors (Lipinski definition) is 4. The zero-order valence-corrected chi connectivity index (χ0v) is 9.42. The molecule has 5 nitrogen and oxygen atoms in total. The molecule has 1 rings (SSSR count). The monoisotopic (exact) mass is 232 g/mol. The van der Waals surface area contributed by atoms with Crippen LogP contribution in [-0.4, -0.2) is 49.6 Å². The Kier molecular flexibility index (Phi) is 6.03. The Hall–Kier alpha value is -0.880. The van der Waals surface area contributed by atoms with Crippen LogP contribution in [0.25, 0.3) is 0 Å². The van der Waals surface area contributed by atoms with Crippen molar-refractivity contribution in [3.8, 4) is 0 Å². The van der Waals surface area contributed by atoms with Crippen LogP contribution in [0.3, 0.4) is 0 Å². The summed E-state index contributed by atoms with van der Waals surface area (Å²) < 4.78 is 12.8. The van der Waals surface area contributed by atoms with Crippen LogP contribution in [0.15, 0.2) is 12.8 Å². The number of rotatable bonds is 5. The molecule has 0 aliphatic carbocycles. The summed E-state index contributed by atoms with van der Waals surface area (Å²) in [5.41, 5.74) is 0. The van der Waals surface area contributed by atoms with Gasteiger partial charge in [0.25, 0.3) is 0 Å². The van der Waals surface area contributed by atoms with E-state index in [0.717, 1.165) is 0 Å². The van der Waals surface area contributed by atoms with Gasteiger partial charge >= 0.3 is 6.03 Å². The first-order valence-corrected chi connectivity index (χ1v) is 5.80. The molecule has 0 saturated carbocycles. The molecule has 1 saturated heterocycles. The molecule has 15 heavy (non-hydrogen) atoms. The van der Waals surface area contributed by atoms with Crippen molar-refractivity contribution in [2.24, 2.45) is 0 Å². The summed E-state index contributed by atoms with van der Waals surface area (Å²) in [7, 11) is 0. The normalized spacial score (nSPS) is 15.9. The highest BCUT2D eigenvalue weighted by Gasteiger charge is 2.15. The van der Waals surface area contributed by atoms with Gasteiger partial charge in [0.2, 0.25) is 0 Å². The fourth-order valence-corrected chi connectivity index (χ4v) is 1.65. The SMILES string of the molecule is C=COCCSNC(=O)N1CCOCC1. The largest absolute Gasteiger partial charge is 0.501 e. The van der Waals surface area contributed by atoms with Gasteiger partial charge in [-0.2, -0.15) is 0 Å². The van der Waals surface area contributed by atoms with Crippen molar-refractivity contribution in [1.29, 1.82) is 0 Å². The van der Waals surface area contributed by atoms with Crippen molar-refractivity contribution in [2.75, 3.05) is 38.7 Å². The third-order valence-corrected chi connectivity index (χ3v) is 2.57. The lowest BCUT2D eigenvalue weighted by atomic mass is 10.4. The Morgan fingerprint density at radius 3 is 3.00 bits per heavy atom. The van der Waals surface area contributed by atoms with Crippen molar-refractivity contribution in [1.82, 2.24) is 9.62 Å². The molecule has 0 bridgehead atoms. The summed E-state index contributed by atoms with van der Waals surface area (Å²) in [5.74, 6) is 0.710. The van der Waals surface area contributed by atoms with Gasteiger partial charge < -0.3 is 14.4 Å². The first-order valence-electron chi connectivity index (χ1n) is 4.81. The second kappa shape index (κ2) is 7.42. The minimum absolute atomic E-state index is 0.0538.